The predicted molar refractivity (Wildman–Crippen MR) is 68.3 cm³/mol. The van der Waals surface area contributed by atoms with Gasteiger partial charge in [0.15, 0.2) is 0 Å². The first kappa shape index (κ1) is 11.9. The van der Waals surface area contributed by atoms with Crippen molar-refractivity contribution in [2.75, 3.05) is 23.3 Å². The smallest absolute Gasteiger partial charge is 0.229 e. The molecular formula is C11H20N6. The van der Waals surface area contributed by atoms with Gasteiger partial charge >= 0.3 is 0 Å². The third kappa shape index (κ3) is 3.44. The zero-order chi connectivity index (χ0) is 12.3. The molecule has 94 valence electrons. The van der Waals surface area contributed by atoms with Gasteiger partial charge in [0, 0.05) is 6.54 Å². The first-order valence-corrected chi connectivity index (χ1v) is 6.14. The fourth-order valence-corrected chi connectivity index (χ4v) is 2.26. The van der Waals surface area contributed by atoms with Crippen molar-refractivity contribution < 1.29 is 0 Å². The van der Waals surface area contributed by atoms with E-state index in [4.69, 9.17) is 11.5 Å². The molecule has 6 nitrogen and oxygen atoms in total. The fraction of sp³-hybridized carbons (Fsp3) is 0.727. The lowest BCUT2D eigenvalue weighted by Crippen LogP contribution is -2.21. The van der Waals surface area contributed by atoms with Crippen molar-refractivity contribution in [3.8, 4) is 0 Å². The summed E-state index contributed by atoms with van der Waals surface area (Å²) in [5.74, 6) is 2.38. The molecular weight excluding hydrogens is 216 g/mol. The molecule has 1 aliphatic rings. The molecule has 0 saturated heterocycles. The van der Waals surface area contributed by atoms with E-state index in [1.54, 1.807) is 0 Å². The van der Waals surface area contributed by atoms with Crippen LogP contribution in [-0.2, 0) is 0 Å². The number of nitrogen functional groups attached to an aromatic ring is 2. The molecule has 0 radical (unpaired) electrons. The van der Waals surface area contributed by atoms with E-state index in [0.717, 1.165) is 12.5 Å². The predicted octanol–water partition coefficient (Wildman–Crippen LogP) is 1.27. The molecule has 1 aliphatic carbocycles. The molecule has 0 bridgehead atoms. The van der Waals surface area contributed by atoms with Crippen LogP contribution in [0.1, 0.15) is 32.6 Å². The zero-order valence-electron chi connectivity index (χ0n) is 10.2. The van der Waals surface area contributed by atoms with Crippen LogP contribution in [0.3, 0.4) is 0 Å². The molecule has 1 aromatic heterocycles. The molecule has 1 fully saturated rings. The minimum absolute atomic E-state index is 0.164. The van der Waals surface area contributed by atoms with Crippen molar-refractivity contribution in [2.45, 2.75) is 32.6 Å². The maximum atomic E-state index is 5.50. The molecule has 0 atom stereocenters. The summed E-state index contributed by atoms with van der Waals surface area (Å²) in [4.78, 5) is 11.7. The molecule has 1 heterocycles. The summed E-state index contributed by atoms with van der Waals surface area (Å²) in [6, 6.07) is 0. The number of rotatable bonds is 3. The number of hydrogen-bond donors (Lipinski definition) is 3. The van der Waals surface area contributed by atoms with E-state index >= 15 is 0 Å². The molecule has 0 aromatic carbocycles. The summed E-state index contributed by atoms with van der Waals surface area (Å²) in [6.07, 6.45) is 5.16. The van der Waals surface area contributed by atoms with E-state index in [1.807, 2.05) is 0 Å². The van der Waals surface area contributed by atoms with E-state index < -0.39 is 0 Å². The van der Waals surface area contributed by atoms with Gasteiger partial charge in [-0.05, 0) is 24.7 Å². The average Bonchev–Trinajstić information content (AvgIpc) is 2.27. The third-order valence-electron chi connectivity index (χ3n) is 3.35. The Bertz CT molecular complexity index is 352. The summed E-state index contributed by atoms with van der Waals surface area (Å²) >= 11 is 0. The minimum atomic E-state index is 0.164. The topological polar surface area (TPSA) is 103 Å². The largest absolute Gasteiger partial charge is 0.368 e. The molecule has 0 aliphatic heterocycles. The maximum Gasteiger partial charge on any atom is 0.229 e. The summed E-state index contributed by atoms with van der Waals surface area (Å²) in [6.45, 7) is 3.20. The Morgan fingerprint density at radius 1 is 1.06 bits per heavy atom. The second-order valence-corrected chi connectivity index (χ2v) is 4.88. The quantitative estimate of drug-likeness (QED) is 0.730. The van der Waals surface area contributed by atoms with E-state index in [1.165, 1.54) is 25.7 Å². The molecule has 0 unspecified atom stereocenters. The fourth-order valence-electron chi connectivity index (χ4n) is 2.26. The van der Waals surface area contributed by atoms with Crippen LogP contribution >= 0.6 is 0 Å². The van der Waals surface area contributed by atoms with Crippen molar-refractivity contribution in [1.29, 1.82) is 0 Å². The summed E-state index contributed by atoms with van der Waals surface area (Å²) in [5, 5.41) is 3.19. The second-order valence-electron chi connectivity index (χ2n) is 4.88. The van der Waals surface area contributed by atoms with Gasteiger partial charge < -0.3 is 16.8 Å². The highest BCUT2D eigenvalue weighted by Gasteiger charge is 2.18. The Kier molecular flexibility index (Phi) is 3.61. The van der Waals surface area contributed by atoms with Gasteiger partial charge in [0.2, 0.25) is 17.8 Å². The SMILES string of the molecule is CC1CCC(CNc2nc(N)nc(N)n2)CC1. The Hall–Kier alpha value is -1.59. The Labute approximate surface area is 101 Å². The molecule has 17 heavy (non-hydrogen) atoms. The van der Waals surface area contributed by atoms with Crippen molar-refractivity contribution >= 4 is 17.8 Å². The van der Waals surface area contributed by atoms with E-state index in [9.17, 15) is 0 Å². The standard InChI is InChI=1S/C11H20N6/c1-7-2-4-8(5-3-7)6-14-11-16-9(12)15-10(13)17-11/h7-8H,2-6H2,1H3,(H5,12,13,14,15,16,17). The molecule has 2 rings (SSSR count). The van der Waals surface area contributed by atoms with Crippen molar-refractivity contribution in [1.82, 2.24) is 15.0 Å². The molecule has 1 aromatic rings. The first-order valence-electron chi connectivity index (χ1n) is 6.14. The van der Waals surface area contributed by atoms with Gasteiger partial charge in [-0.3, -0.25) is 0 Å². The van der Waals surface area contributed by atoms with Crippen LogP contribution in [0.25, 0.3) is 0 Å². The third-order valence-corrected chi connectivity index (χ3v) is 3.35. The van der Waals surface area contributed by atoms with Crippen molar-refractivity contribution in [3.05, 3.63) is 0 Å². The van der Waals surface area contributed by atoms with Gasteiger partial charge in [0.25, 0.3) is 0 Å². The number of nitrogens with two attached hydrogens (primary N) is 2. The van der Waals surface area contributed by atoms with Crippen LogP contribution in [0.4, 0.5) is 17.8 Å². The Morgan fingerprint density at radius 2 is 1.65 bits per heavy atom. The second kappa shape index (κ2) is 5.16. The van der Waals surface area contributed by atoms with Crippen LogP contribution in [0.15, 0.2) is 0 Å². The lowest BCUT2D eigenvalue weighted by atomic mass is 9.83. The minimum Gasteiger partial charge on any atom is -0.368 e. The van der Waals surface area contributed by atoms with Crippen LogP contribution < -0.4 is 16.8 Å². The Balaban J connectivity index is 1.85. The first-order chi connectivity index (χ1) is 8.13. The maximum absolute atomic E-state index is 5.50. The van der Waals surface area contributed by atoms with Gasteiger partial charge in [-0.1, -0.05) is 19.8 Å². The summed E-state index contributed by atoms with van der Waals surface area (Å²) in [7, 11) is 0. The van der Waals surface area contributed by atoms with Crippen LogP contribution in [0.5, 0.6) is 0 Å². The number of hydrogen-bond acceptors (Lipinski definition) is 6. The van der Waals surface area contributed by atoms with Gasteiger partial charge in [-0.25, -0.2) is 0 Å². The van der Waals surface area contributed by atoms with E-state index in [0.29, 0.717) is 11.9 Å². The van der Waals surface area contributed by atoms with E-state index in [-0.39, 0.29) is 11.9 Å². The number of anilines is 3. The van der Waals surface area contributed by atoms with Gasteiger partial charge in [-0.2, -0.15) is 15.0 Å². The zero-order valence-corrected chi connectivity index (χ0v) is 10.2. The van der Waals surface area contributed by atoms with E-state index in [2.05, 4.69) is 27.2 Å². The van der Waals surface area contributed by atoms with Crippen molar-refractivity contribution in [3.63, 3.8) is 0 Å². The highest BCUT2D eigenvalue weighted by molar-refractivity contribution is 5.36. The molecule has 0 spiro atoms. The summed E-state index contributed by atoms with van der Waals surface area (Å²) in [5.41, 5.74) is 11.0. The van der Waals surface area contributed by atoms with Crippen LogP contribution in [0.2, 0.25) is 0 Å². The normalized spacial score (nSPS) is 24.5. The van der Waals surface area contributed by atoms with Crippen LogP contribution in [-0.4, -0.2) is 21.5 Å². The van der Waals surface area contributed by atoms with Gasteiger partial charge in [-0.15, -0.1) is 0 Å². The highest BCUT2D eigenvalue weighted by atomic mass is 15.2. The van der Waals surface area contributed by atoms with Crippen LogP contribution in [0, 0.1) is 11.8 Å². The average molecular weight is 236 g/mol. The van der Waals surface area contributed by atoms with Gasteiger partial charge in [0.1, 0.15) is 0 Å². The summed E-state index contributed by atoms with van der Waals surface area (Å²) < 4.78 is 0. The number of aromatic nitrogens is 3. The highest BCUT2D eigenvalue weighted by Crippen LogP contribution is 2.28. The number of nitrogens with one attached hydrogen (secondary N) is 1. The lowest BCUT2D eigenvalue weighted by molar-refractivity contribution is 0.300. The molecule has 6 heteroatoms. The van der Waals surface area contributed by atoms with Gasteiger partial charge in [0.05, 0.1) is 0 Å². The number of nitrogens with zero attached hydrogens (tertiary/aromatic N) is 3. The van der Waals surface area contributed by atoms with Crippen molar-refractivity contribution in [2.24, 2.45) is 11.8 Å². The molecule has 5 N–H and O–H groups in total. The lowest BCUT2D eigenvalue weighted by Gasteiger charge is -2.26. The molecule has 1 saturated carbocycles. The Morgan fingerprint density at radius 3 is 2.24 bits per heavy atom. The molecule has 0 amide bonds. The monoisotopic (exact) mass is 236 g/mol.